The number of aryl methyl sites for hydroxylation is 1. The molecule has 3 rings (SSSR count). The second-order valence-electron chi connectivity index (χ2n) is 6.32. The van der Waals surface area contributed by atoms with Crippen LogP contribution in [-0.2, 0) is 6.42 Å². The van der Waals surface area contributed by atoms with Crippen LogP contribution in [0, 0.1) is 0 Å². The number of nitrogens with one attached hydrogen (secondary N) is 1. The Balaban J connectivity index is 1.87. The molecular formula is C22H20BNO2S. The smallest absolute Gasteiger partial charge is 0.256 e. The Labute approximate surface area is 164 Å². The quantitative estimate of drug-likeness (QED) is 0.475. The van der Waals surface area contributed by atoms with E-state index in [9.17, 15) is 9.90 Å². The summed E-state index contributed by atoms with van der Waals surface area (Å²) in [5.41, 5.74) is 4.68. The van der Waals surface area contributed by atoms with Crippen LogP contribution in [0.1, 0.15) is 34.8 Å². The highest BCUT2D eigenvalue weighted by Crippen LogP contribution is 2.38. The van der Waals surface area contributed by atoms with Gasteiger partial charge < -0.3 is 10.4 Å². The average Bonchev–Trinajstić information content (AvgIpc) is 3.07. The molecule has 1 aromatic heterocycles. The molecule has 0 aliphatic carbocycles. The van der Waals surface area contributed by atoms with E-state index in [0.29, 0.717) is 21.6 Å². The van der Waals surface area contributed by atoms with Gasteiger partial charge in [-0.15, -0.1) is 11.3 Å². The topological polar surface area (TPSA) is 49.3 Å². The van der Waals surface area contributed by atoms with Crippen LogP contribution >= 0.6 is 11.3 Å². The third kappa shape index (κ3) is 4.31. The van der Waals surface area contributed by atoms with Crippen LogP contribution in [0.25, 0.3) is 16.9 Å². The van der Waals surface area contributed by atoms with Gasteiger partial charge in [0.25, 0.3) is 5.91 Å². The Hall–Kier alpha value is -2.79. The van der Waals surface area contributed by atoms with Crippen LogP contribution in [0.5, 0.6) is 0 Å². The Morgan fingerprint density at radius 1 is 1.15 bits per heavy atom. The van der Waals surface area contributed by atoms with Gasteiger partial charge in [-0.1, -0.05) is 61.8 Å². The van der Waals surface area contributed by atoms with E-state index in [1.54, 1.807) is 12.1 Å². The van der Waals surface area contributed by atoms with Crippen molar-refractivity contribution in [3.8, 4) is 11.1 Å². The number of amides is 1. The van der Waals surface area contributed by atoms with Crippen molar-refractivity contribution < 1.29 is 9.90 Å². The molecule has 134 valence electrons. The highest BCUT2D eigenvalue weighted by Gasteiger charge is 2.18. The van der Waals surface area contributed by atoms with Crippen molar-refractivity contribution in [1.29, 1.82) is 0 Å². The molecule has 1 amide bonds. The molecule has 0 fully saturated rings. The van der Waals surface area contributed by atoms with Gasteiger partial charge in [0.2, 0.25) is 0 Å². The van der Waals surface area contributed by atoms with Gasteiger partial charge in [0.1, 0.15) is 18.6 Å². The number of aliphatic hydroxyl groups is 1. The van der Waals surface area contributed by atoms with E-state index >= 15 is 0 Å². The monoisotopic (exact) mass is 373 g/mol. The number of aliphatic hydroxyl groups excluding tert-OH is 1. The van der Waals surface area contributed by atoms with E-state index in [1.807, 2.05) is 41.8 Å². The van der Waals surface area contributed by atoms with Gasteiger partial charge in [0, 0.05) is 16.5 Å². The maximum Gasteiger partial charge on any atom is 0.256 e. The van der Waals surface area contributed by atoms with E-state index in [1.165, 1.54) is 16.9 Å². The molecule has 1 heterocycles. The Bertz CT molecular complexity index is 959. The zero-order chi connectivity index (χ0) is 19.4. The molecule has 2 radical (unpaired) electrons. The van der Waals surface area contributed by atoms with Crippen LogP contribution in [0.4, 0.5) is 5.00 Å². The summed E-state index contributed by atoms with van der Waals surface area (Å²) in [5, 5.41) is 15.5. The molecule has 0 saturated carbocycles. The summed E-state index contributed by atoms with van der Waals surface area (Å²) >= 11 is 1.35. The fourth-order valence-electron chi connectivity index (χ4n) is 2.90. The first kappa shape index (κ1) is 19.0. The average molecular weight is 373 g/mol. The maximum absolute atomic E-state index is 12.6. The van der Waals surface area contributed by atoms with Crippen molar-refractivity contribution >= 4 is 41.3 Å². The molecule has 0 unspecified atom stereocenters. The number of hydrogen-bond acceptors (Lipinski definition) is 3. The first-order valence-electron chi connectivity index (χ1n) is 8.75. The van der Waals surface area contributed by atoms with Gasteiger partial charge in [-0.3, -0.25) is 4.79 Å². The van der Waals surface area contributed by atoms with Crippen molar-refractivity contribution in [3.05, 3.63) is 77.2 Å². The lowest BCUT2D eigenvalue weighted by atomic mass is 9.93. The third-order valence-corrected chi connectivity index (χ3v) is 5.18. The first-order valence-corrected chi connectivity index (χ1v) is 9.63. The molecule has 2 aromatic carbocycles. The van der Waals surface area contributed by atoms with Crippen molar-refractivity contribution in [2.75, 3.05) is 5.32 Å². The maximum atomic E-state index is 12.6. The summed E-state index contributed by atoms with van der Waals surface area (Å²) in [6, 6.07) is 14.9. The van der Waals surface area contributed by atoms with Crippen LogP contribution in [-0.4, -0.2) is 18.9 Å². The summed E-state index contributed by atoms with van der Waals surface area (Å²) in [4.78, 5) is 12.6. The largest absolute Gasteiger partial charge is 0.508 e. The molecule has 0 saturated heterocycles. The minimum atomic E-state index is -0.216. The summed E-state index contributed by atoms with van der Waals surface area (Å²) in [6.07, 6.45) is 2.06. The molecule has 2 N–H and O–H groups in total. The highest BCUT2D eigenvalue weighted by atomic mass is 32.1. The van der Waals surface area contributed by atoms with Crippen LogP contribution in [0.3, 0.4) is 0 Å². The number of anilines is 1. The Morgan fingerprint density at radius 3 is 2.41 bits per heavy atom. The van der Waals surface area contributed by atoms with E-state index in [4.69, 9.17) is 7.85 Å². The summed E-state index contributed by atoms with van der Waals surface area (Å²) in [5.74, 6) is -0.303. The molecule has 0 bridgehead atoms. The van der Waals surface area contributed by atoms with Crippen LogP contribution in [0.2, 0.25) is 0 Å². The van der Waals surface area contributed by atoms with E-state index in [2.05, 4.69) is 18.8 Å². The molecular weight excluding hydrogens is 353 g/mol. The van der Waals surface area contributed by atoms with Crippen molar-refractivity contribution in [2.45, 2.75) is 19.8 Å². The van der Waals surface area contributed by atoms with Gasteiger partial charge >= 0.3 is 0 Å². The van der Waals surface area contributed by atoms with E-state index in [0.717, 1.165) is 24.0 Å². The van der Waals surface area contributed by atoms with Gasteiger partial charge in [-0.05, 0) is 29.7 Å². The minimum Gasteiger partial charge on any atom is -0.508 e. The van der Waals surface area contributed by atoms with Crippen molar-refractivity contribution in [1.82, 2.24) is 0 Å². The summed E-state index contributed by atoms with van der Waals surface area (Å²) in [6.45, 7) is 5.78. The number of benzene rings is 2. The molecule has 5 heteroatoms. The molecule has 0 aliphatic rings. The number of thiophene rings is 1. The van der Waals surface area contributed by atoms with E-state index < -0.39 is 0 Å². The van der Waals surface area contributed by atoms with E-state index in [-0.39, 0.29) is 11.7 Å². The fraction of sp³-hybridized carbons (Fsp3) is 0.136. The number of carbonyl (C=O) groups is 1. The molecule has 3 nitrogen and oxygen atoms in total. The second-order valence-corrected chi connectivity index (χ2v) is 7.20. The second kappa shape index (κ2) is 8.27. The lowest BCUT2D eigenvalue weighted by Crippen LogP contribution is -2.12. The summed E-state index contributed by atoms with van der Waals surface area (Å²) < 4.78 is 0. The van der Waals surface area contributed by atoms with Gasteiger partial charge in [0.05, 0.1) is 5.56 Å². The van der Waals surface area contributed by atoms with Crippen molar-refractivity contribution in [3.63, 3.8) is 0 Å². The van der Waals surface area contributed by atoms with Gasteiger partial charge in [-0.25, -0.2) is 0 Å². The number of carbonyl (C=O) groups excluding carboxylic acids is 1. The predicted molar refractivity (Wildman–Crippen MR) is 115 cm³/mol. The van der Waals surface area contributed by atoms with Crippen molar-refractivity contribution in [2.24, 2.45) is 0 Å². The number of rotatable bonds is 6. The Kier molecular flexibility index (Phi) is 5.82. The summed E-state index contributed by atoms with van der Waals surface area (Å²) in [7, 11) is 5.75. The predicted octanol–water partition coefficient (Wildman–Crippen LogP) is 4.94. The minimum absolute atomic E-state index is 0.0864. The molecule has 3 aromatic rings. The number of hydrogen-bond donors (Lipinski definition) is 2. The lowest BCUT2D eigenvalue weighted by molar-refractivity contribution is 0.102. The third-order valence-electron chi connectivity index (χ3n) is 4.28. The zero-order valence-corrected chi connectivity index (χ0v) is 16.0. The van der Waals surface area contributed by atoms with Crippen LogP contribution in [0.15, 0.2) is 60.5 Å². The van der Waals surface area contributed by atoms with Gasteiger partial charge in [-0.2, -0.15) is 0 Å². The standard InChI is InChI=1S/C22H20BNO2S/c1-3-4-15-5-7-17(8-6-15)21(26)24-22-20(14(2)25)19(13-27-22)16-9-11-18(23)12-10-16/h5-13,25H,2-4H2,1H3,(H,24,26). The SMILES string of the molecule is [B]c1ccc(-c2csc(NC(=O)c3ccc(CCC)cc3)c2C(=C)O)cc1. The lowest BCUT2D eigenvalue weighted by Gasteiger charge is -2.09. The highest BCUT2D eigenvalue weighted by molar-refractivity contribution is 7.15. The molecule has 0 atom stereocenters. The zero-order valence-electron chi connectivity index (χ0n) is 15.2. The molecule has 0 aliphatic heterocycles. The first-order chi connectivity index (χ1) is 13.0. The normalized spacial score (nSPS) is 10.6. The van der Waals surface area contributed by atoms with Crippen LogP contribution < -0.4 is 10.8 Å². The van der Waals surface area contributed by atoms with Gasteiger partial charge in [0.15, 0.2) is 0 Å². The molecule has 0 spiro atoms. The fourth-order valence-corrected chi connectivity index (χ4v) is 3.89. The molecule has 27 heavy (non-hydrogen) atoms. The Morgan fingerprint density at radius 2 is 1.81 bits per heavy atom.